The van der Waals surface area contributed by atoms with Crippen LogP contribution in [0.3, 0.4) is 0 Å². The Hall–Kier alpha value is -2.87. The van der Waals surface area contributed by atoms with Crippen LogP contribution in [0.2, 0.25) is 5.02 Å². The Bertz CT molecular complexity index is 1260. The summed E-state index contributed by atoms with van der Waals surface area (Å²) in [6.45, 7) is 3.47. The lowest BCUT2D eigenvalue weighted by Gasteiger charge is -2.24. The van der Waals surface area contributed by atoms with Gasteiger partial charge in [-0.2, -0.15) is 0 Å². The summed E-state index contributed by atoms with van der Waals surface area (Å²) in [4.78, 5) is 32.1. The van der Waals surface area contributed by atoms with Crippen molar-refractivity contribution in [3.05, 3.63) is 88.2 Å². The second kappa shape index (κ2) is 10.4. The highest BCUT2D eigenvalue weighted by Gasteiger charge is 2.29. The molecule has 0 saturated carbocycles. The zero-order valence-corrected chi connectivity index (χ0v) is 20.7. The summed E-state index contributed by atoms with van der Waals surface area (Å²) in [6.07, 6.45) is 2.41. The van der Waals surface area contributed by atoms with E-state index in [0.717, 1.165) is 29.4 Å². The maximum atomic E-state index is 14.7. The Labute approximate surface area is 213 Å². The molecular weight excluding hydrogens is 485 g/mol. The smallest absolute Gasteiger partial charge is 0.259 e. The lowest BCUT2D eigenvalue weighted by atomic mass is 10.1. The van der Waals surface area contributed by atoms with Crippen LogP contribution in [0, 0.1) is 5.82 Å². The van der Waals surface area contributed by atoms with Crippen molar-refractivity contribution in [2.75, 3.05) is 31.1 Å². The second-order valence-corrected chi connectivity index (χ2v) is 10.2. The van der Waals surface area contributed by atoms with Gasteiger partial charge in [0.2, 0.25) is 0 Å². The standard InChI is InChI=1S/C27H25ClFN3O2S/c28-21-7-5-8-22(29)20(21)17-32-23-16-18(26(33)30-12-15-31-13-3-4-14-31)10-11-25(23)35-24-9-2-1-6-19(24)27(32)34/h1-2,5-11,16H,3-4,12-15,17H2,(H,30,33). The van der Waals surface area contributed by atoms with Crippen LogP contribution in [0.5, 0.6) is 0 Å². The van der Waals surface area contributed by atoms with Crippen LogP contribution in [0.4, 0.5) is 10.1 Å². The average molecular weight is 510 g/mol. The minimum Gasteiger partial charge on any atom is -0.351 e. The maximum Gasteiger partial charge on any atom is 0.259 e. The van der Waals surface area contributed by atoms with E-state index in [1.54, 1.807) is 30.3 Å². The summed E-state index contributed by atoms with van der Waals surface area (Å²) < 4.78 is 14.7. The zero-order valence-electron chi connectivity index (χ0n) is 19.1. The van der Waals surface area contributed by atoms with Gasteiger partial charge < -0.3 is 15.1 Å². The van der Waals surface area contributed by atoms with Crippen molar-refractivity contribution in [2.24, 2.45) is 0 Å². The maximum absolute atomic E-state index is 14.7. The highest BCUT2D eigenvalue weighted by atomic mass is 35.5. The number of fused-ring (bicyclic) bond motifs is 2. The average Bonchev–Trinajstić information content (AvgIpc) is 3.34. The number of hydrogen-bond donors (Lipinski definition) is 1. The van der Waals surface area contributed by atoms with Gasteiger partial charge in [-0.05, 0) is 68.4 Å². The molecule has 1 N–H and O–H groups in total. The molecule has 2 aliphatic rings. The van der Waals surface area contributed by atoms with Crippen LogP contribution >= 0.6 is 23.4 Å². The molecule has 5 nitrogen and oxygen atoms in total. The van der Waals surface area contributed by atoms with Crippen molar-refractivity contribution in [2.45, 2.75) is 29.2 Å². The molecule has 0 unspecified atom stereocenters. The predicted octanol–water partition coefficient (Wildman–Crippen LogP) is 5.62. The van der Waals surface area contributed by atoms with Crippen LogP contribution in [0.1, 0.15) is 39.1 Å². The van der Waals surface area contributed by atoms with Gasteiger partial charge in [-0.25, -0.2) is 4.39 Å². The van der Waals surface area contributed by atoms with Gasteiger partial charge in [-0.3, -0.25) is 9.59 Å². The van der Waals surface area contributed by atoms with Crippen LogP contribution in [-0.4, -0.2) is 42.9 Å². The Kier molecular flexibility index (Phi) is 7.09. The van der Waals surface area contributed by atoms with E-state index >= 15 is 0 Å². The van der Waals surface area contributed by atoms with E-state index in [0.29, 0.717) is 23.4 Å². The number of nitrogens with zero attached hydrogens (tertiary/aromatic N) is 2. The Morgan fingerprint density at radius 2 is 1.83 bits per heavy atom. The van der Waals surface area contributed by atoms with Gasteiger partial charge in [0.05, 0.1) is 17.8 Å². The largest absolute Gasteiger partial charge is 0.351 e. The molecule has 3 aromatic carbocycles. The molecule has 0 bridgehead atoms. The van der Waals surface area contributed by atoms with Crippen molar-refractivity contribution in [3.8, 4) is 0 Å². The number of amides is 2. The normalized spacial score (nSPS) is 15.5. The van der Waals surface area contributed by atoms with Crippen molar-refractivity contribution >= 4 is 40.9 Å². The van der Waals surface area contributed by atoms with Gasteiger partial charge in [-0.1, -0.05) is 41.6 Å². The summed E-state index contributed by atoms with van der Waals surface area (Å²) in [6, 6.07) is 17.1. The van der Waals surface area contributed by atoms with Crippen molar-refractivity contribution in [1.29, 1.82) is 0 Å². The molecule has 1 fully saturated rings. The third-order valence-corrected chi connectivity index (χ3v) is 7.88. The highest BCUT2D eigenvalue weighted by Crippen LogP contribution is 2.42. The molecule has 35 heavy (non-hydrogen) atoms. The molecular formula is C27H25ClFN3O2S. The Balaban J connectivity index is 1.47. The molecule has 1 saturated heterocycles. The molecule has 5 rings (SSSR count). The first-order chi connectivity index (χ1) is 17.0. The summed E-state index contributed by atoms with van der Waals surface area (Å²) in [5, 5.41) is 3.24. The van der Waals surface area contributed by atoms with E-state index in [-0.39, 0.29) is 28.9 Å². The first-order valence-corrected chi connectivity index (χ1v) is 12.9. The summed E-state index contributed by atoms with van der Waals surface area (Å²) >= 11 is 7.76. The highest BCUT2D eigenvalue weighted by molar-refractivity contribution is 7.99. The molecule has 0 aromatic heterocycles. The molecule has 8 heteroatoms. The number of anilines is 1. The number of carbonyl (C=O) groups is 2. The number of benzene rings is 3. The fourth-order valence-electron chi connectivity index (χ4n) is 4.50. The van der Waals surface area contributed by atoms with Crippen molar-refractivity contribution in [3.63, 3.8) is 0 Å². The number of halogens is 2. The number of hydrogen-bond acceptors (Lipinski definition) is 4. The van der Waals surface area contributed by atoms with Gasteiger partial charge >= 0.3 is 0 Å². The molecule has 0 aliphatic carbocycles. The zero-order chi connectivity index (χ0) is 24.4. The molecule has 2 amide bonds. The lowest BCUT2D eigenvalue weighted by Crippen LogP contribution is -2.34. The molecule has 180 valence electrons. The third kappa shape index (κ3) is 5.08. The van der Waals surface area contributed by atoms with Crippen LogP contribution in [0.25, 0.3) is 0 Å². The molecule has 0 spiro atoms. The quantitative estimate of drug-likeness (QED) is 0.469. The SMILES string of the molecule is O=C(NCCN1CCCC1)c1ccc2c(c1)N(Cc1c(F)cccc1Cl)C(=O)c1ccccc1S2. The number of likely N-dealkylation sites (tertiary alicyclic amines) is 1. The number of nitrogens with one attached hydrogen (secondary N) is 1. The van der Waals surface area contributed by atoms with E-state index in [2.05, 4.69) is 10.2 Å². The van der Waals surface area contributed by atoms with Crippen LogP contribution in [-0.2, 0) is 6.54 Å². The monoisotopic (exact) mass is 509 g/mol. The fourth-order valence-corrected chi connectivity index (χ4v) is 5.78. The van der Waals surface area contributed by atoms with E-state index in [1.165, 1.54) is 41.6 Å². The number of rotatable bonds is 6. The van der Waals surface area contributed by atoms with Crippen molar-refractivity contribution in [1.82, 2.24) is 10.2 Å². The third-order valence-electron chi connectivity index (χ3n) is 6.38. The molecule has 3 aromatic rings. The predicted molar refractivity (Wildman–Crippen MR) is 137 cm³/mol. The van der Waals surface area contributed by atoms with E-state index in [9.17, 15) is 14.0 Å². The molecule has 2 heterocycles. The summed E-state index contributed by atoms with van der Waals surface area (Å²) in [5.41, 5.74) is 1.77. The summed E-state index contributed by atoms with van der Waals surface area (Å²) in [5.74, 6) is -0.944. The Morgan fingerprint density at radius 3 is 2.63 bits per heavy atom. The first-order valence-electron chi connectivity index (χ1n) is 11.7. The second-order valence-electron chi connectivity index (χ2n) is 8.68. The van der Waals surface area contributed by atoms with Crippen molar-refractivity contribution < 1.29 is 14.0 Å². The summed E-state index contributed by atoms with van der Waals surface area (Å²) in [7, 11) is 0. The van der Waals surface area contributed by atoms with Crippen LogP contribution < -0.4 is 10.2 Å². The van der Waals surface area contributed by atoms with Crippen LogP contribution in [0.15, 0.2) is 70.5 Å². The molecule has 0 radical (unpaired) electrons. The minimum absolute atomic E-state index is 0.0493. The minimum atomic E-state index is -0.479. The first kappa shape index (κ1) is 23.9. The van der Waals surface area contributed by atoms with Gasteiger partial charge in [-0.15, -0.1) is 0 Å². The van der Waals surface area contributed by atoms with E-state index < -0.39 is 5.82 Å². The Morgan fingerprint density at radius 1 is 1.03 bits per heavy atom. The number of carbonyl (C=O) groups excluding carboxylic acids is 2. The lowest BCUT2D eigenvalue weighted by molar-refractivity contribution is 0.0946. The topological polar surface area (TPSA) is 52.7 Å². The molecule has 0 atom stereocenters. The van der Waals surface area contributed by atoms with Gasteiger partial charge in [0.1, 0.15) is 5.82 Å². The van der Waals surface area contributed by atoms with Gasteiger partial charge in [0.15, 0.2) is 0 Å². The van der Waals surface area contributed by atoms with Gasteiger partial charge in [0, 0.05) is 39.0 Å². The van der Waals surface area contributed by atoms with Gasteiger partial charge in [0.25, 0.3) is 11.8 Å². The van der Waals surface area contributed by atoms with E-state index in [4.69, 9.17) is 11.6 Å². The van der Waals surface area contributed by atoms with E-state index in [1.807, 2.05) is 18.2 Å². The molecule has 2 aliphatic heterocycles. The fraction of sp³-hybridized carbons (Fsp3) is 0.259.